The molecule has 2 saturated heterocycles. The van der Waals surface area contributed by atoms with Crippen LogP contribution in [-0.4, -0.2) is 94.0 Å². The van der Waals surface area contributed by atoms with Gasteiger partial charge in [0.25, 0.3) is 0 Å². The van der Waals surface area contributed by atoms with Gasteiger partial charge in [0.15, 0.2) is 0 Å². The molecule has 0 saturated carbocycles. The van der Waals surface area contributed by atoms with Crippen LogP contribution in [0.5, 0.6) is 0 Å². The Morgan fingerprint density at radius 3 is 1.91 bits per heavy atom. The van der Waals surface area contributed by atoms with E-state index in [-0.39, 0.29) is 11.4 Å². The Hall–Kier alpha value is -2.94. The molecule has 2 fully saturated rings. The molecule has 3 N–H and O–H groups in total. The van der Waals surface area contributed by atoms with E-state index in [4.69, 9.17) is 19.8 Å². The summed E-state index contributed by atoms with van der Waals surface area (Å²) in [5.74, 6) is -5.30. The van der Waals surface area contributed by atoms with Crippen molar-refractivity contribution < 1.29 is 50.9 Å². The van der Waals surface area contributed by atoms with Gasteiger partial charge >= 0.3 is 24.3 Å². The second kappa shape index (κ2) is 12.2. The molecule has 35 heavy (non-hydrogen) atoms. The van der Waals surface area contributed by atoms with Crippen molar-refractivity contribution >= 4 is 17.8 Å². The number of rotatable bonds is 2. The standard InChI is InChI=1S/C16H24N4O.2C2HF3O2/c1-13-4-3-5-14(18-13)12-20-9-6-16(7-10-20)15(21)17-8-11-19(16)2;2*3-2(4,5)1(6)7/h3-5H,6-12H2,1-2H3,(H,17,21);2*(H,6,7). The Kier molecular flexibility index (Phi) is 10.4. The first-order chi connectivity index (χ1) is 16.0. The highest BCUT2D eigenvalue weighted by Crippen LogP contribution is 2.30. The molecule has 0 bridgehead atoms. The third-order valence-electron chi connectivity index (χ3n) is 5.39. The van der Waals surface area contributed by atoms with E-state index in [0.717, 1.165) is 57.0 Å². The molecule has 0 atom stereocenters. The van der Waals surface area contributed by atoms with Crippen LogP contribution in [0.25, 0.3) is 0 Å². The molecule has 1 aromatic rings. The maximum absolute atomic E-state index is 12.3. The van der Waals surface area contributed by atoms with E-state index in [0.29, 0.717) is 0 Å². The van der Waals surface area contributed by atoms with E-state index in [1.807, 2.05) is 13.0 Å². The lowest BCUT2D eigenvalue weighted by molar-refractivity contribution is -0.193. The summed E-state index contributed by atoms with van der Waals surface area (Å²) in [6.45, 7) is 6.53. The van der Waals surface area contributed by atoms with Crippen molar-refractivity contribution in [2.45, 2.75) is 44.2 Å². The number of nitrogens with zero attached hydrogens (tertiary/aromatic N) is 3. The lowest BCUT2D eigenvalue weighted by Crippen LogP contribution is -2.66. The van der Waals surface area contributed by atoms with Crippen LogP contribution in [0.2, 0.25) is 0 Å². The number of aryl methyl sites for hydroxylation is 1. The van der Waals surface area contributed by atoms with Gasteiger partial charge in [0.05, 0.1) is 5.69 Å². The van der Waals surface area contributed by atoms with E-state index >= 15 is 0 Å². The van der Waals surface area contributed by atoms with Gasteiger partial charge in [-0.3, -0.25) is 19.6 Å². The molecule has 1 spiro atoms. The first-order valence-electron chi connectivity index (χ1n) is 10.2. The fourth-order valence-electron chi connectivity index (χ4n) is 3.50. The number of aliphatic carboxylic acids is 2. The number of halogens is 6. The van der Waals surface area contributed by atoms with Crippen LogP contribution >= 0.6 is 0 Å². The van der Waals surface area contributed by atoms with Gasteiger partial charge < -0.3 is 15.5 Å². The van der Waals surface area contributed by atoms with Gasteiger partial charge in [0, 0.05) is 38.4 Å². The Bertz CT molecular complexity index is 861. The van der Waals surface area contributed by atoms with Crippen LogP contribution in [0.1, 0.15) is 24.2 Å². The topological polar surface area (TPSA) is 123 Å². The third-order valence-corrected chi connectivity index (χ3v) is 5.39. The first-order valence-corrected chi connectivity index (χ1v) is 10.2. The van der Waals surface area contributed by atoms with Crippen molar-refractivity contribution in [3.8, 4) is 0 Å². The monoisotopic (exact) mass is 516 g/mol. The lowest BCUT2D eigenvalue weighted by atomic mass is 9.83. The molecule has 0 radical (unpaired) electrons. The van der Waals surface area contributed by atoms with Crippen LogP contribution in [0.4, 0.5) is 26.3 Å². The maximum Gasteiger partial charge on any atom is 0.490 e. The number of carbonyl (C=O) groups excluding carboxylic acids is 1. The summed E-state index contributed by atoms with van der Waals surface area (Å²) in [5.41, 5.74) is 1.90. The lowest BCUT2D eigenvalue weighted by Gasteiger charge is -2.48. The van der Waals surface area contributed by atoms with E-state index in [1.165, 1.54) is 0 Å². The quantitative estimate of drug-likeness (QED) is 0.511. The van der Waals surface area contributed by atoms with Crippen LogP contribution in [0, 0.1) is 6.92 Å². The normalized spacial score (nSPS) is 18.5. The zero-order valence-electron chi connectivity index (χ0n) is 18.9. The number of carbonyl (C=O) groups is 3. The van der Waals surface area contributed by atoms with E-state index in [1.54, 1.807) is 0 Å². The van der Waals surface area contributed by atoms with Crippen LogP contribution in [0.3, 0.4) is 0 Å². The Morgan fingerprint density at radius 1 is 1.03 bits per heavy atom. The van der Waals surface area contributed by atoms with Crippen molar-refractivity contribution in [3.63, 3.8) is 0 Å². The van der Waals surface area contributed by atoms with E-state index < -0.39 is 24.3 Å². The second-order valence-corrected chi connectivity index (χ2v) is 7.86. The Balaban J connectivity index is 0.000000362. The molecule has 198 valence electrons. The number of amides is 1. The second-order valence-electron chi connectivity index (χ2n) is 7.86. The highest BCUT2D eigenvalue weighted by Gasteiger charge is 2.46. The minimum Gasteiger partial charge on any atom is -0.475 e. The molecule has 9 nitrogen and oxygen atoms in total. The van der Waals surface area contributed by atoms with E-state index in [9.17, 15) is 31.1 Å². The average Bonchev–Trinajstić information content (AvgIpc) is 2.73. The molecule has 0 aromatic carbocycles. The number of nitrogens with one attached hydrogen (secondary N) is 1. The number of hydrogen-bond acceptors (Lipinski definition) is 6. The molecular formula is C20H26F6N4O5. The number of pyridine rings is 1. The molecule has 3 rings (SSSR count). The predicted octanol–water partition coefficient (Wildman–Crippen LogP) is 2.05. The fourth-order valence-corrected chi connectivity index (χ4v) is 3.50. The summed E-state index contributed by atoms with van der Waals surface area (Å²) in [4.78, 5) is 39.3. The highest BCUT2D eigenvalue weighted by atomic mass is 19.4. The molecule has 2 aliphatic rings. The average molecular weight is 516 g/mol. The van der Waals surface area contributed by atoms with Gasteiger partial charge in [0.1, 0.15) is 5.54 Å². The van der Waals surface area contributed by atoms with E-state index in [2.05, 4.69) is 39.3 Å². The SMILES string of the molecule is Cc1cccc(CN2CCC3(CC2)C(=O)NCCN3C)n1.O=C(O)C(F)(F)F.O=C(O)C(F)(F)F. The van der Waals surface area contributed by atoms with Crippen LogP contribution in [0.15, 0.2) is 18.2 Å². The zero-order chi connectivity index (χ0) is 27.0. The fraction of sp³-hybridized carbons (Fsp3) is 0.600. The largest absolute Gasteiger partial charge is 0.490 e. The molecule has 2 aliphatic heterocycles. The van der Waals surface area contributed by atoms with Gasteiger partial charge in [-0.2, -0.15) is 26.3 Å². The van der Waals surface area contributed by atoms with Crippen LogP contribution < -0.4 is 5.32 Å². The molecular weight excluding hydrogens is 490 g/mol. The minimum atomic E-state index is -5.08. The van der Waals surface area contributed by atoms with Crippen LogP contribution in [-0.2, 0) is 20.9 Å². The molecule has 0 unspecified atom stereocenters. The number of piperidine rings is 1. The number of likely N-dealkylation sites (N-methyl/N-ethyl adjacent to an activating group) is 1. The predicted molar refractivity (Wildman–Crippen MR) is 109 cm³/mol. The Morgan fingerprint density at radius 2 is 1.51 bits per heavy atom. The summed E-state index contributed by atoms with van der Waals surface area (Å²) >= 11 is 0. The first kappa shape index (κ1) is 30.1. The summed E-state index contributed by atoms with van der Waals surface area (Å²) in [6, 6.07) is 6.16. The van der Waals surface area contributed by atoms with Gasteiger partial charge in [0.2, 0.25) is 5.91 Å². The third kappa shape index (κ3) is 9.32. The van der Waals surface area contributed by atoms with Crippen molar-refractivity contribution in [2.75, 3.05) is 33.2 Å². The van der Waals surface area contributed by atoms with Gasteiger partial charge in [-0.05, 0) is 38.9 Å². The van der Waals surface area contributed by atoms with Crippen molar-refractivity contribution in [1.29, 1.82) is 0 Å². The molecule has 1 amide bonds. The number of hydrogen-bond donors (Lipinski definition) is 3. The summed E-state index contributed by atoms with van der Waals surface area (Å²) in [6.07, 6.45) is -8.36. The summed E-state index contributed by atoms with van der Waals surface area (Å²) < 4.78 is 63.5. The minimum absolute atomic E-state index is 0.213. The molecule has 0 aliphatic carbocycles. The van der Waals surface area contributed by atoms with Gasteiger partial charge in [-0.1, -0.05) is 6.07 Å². The maximum atomic E-state index is 12.3. The molecule has 1 aromatic heterocycles. The number of likely N-dealkylation sites (tertiary alicyclic amines) is 1. The smallest absolute Gasteiger partial charge is 0.475 e. The van der Waals surface area contributed by atoms with Crippen molar-refractivity contribution in [2.24, 2.45) is 0 Å². The summed E-state index contributed by atoms with van der Waals surface area (Å²) in [5, 5.41) is 17.3. The number of aromatic nitrogens is 1. The molecule has 3 heterocycles. The van der Waals surface area contributed by atoms with Gasteiger partial charge in [-0.25, -0.2) is 9.59 Å². The van der Waals surface area contributed by atoms with Crippen molar-refractivity contribution in [3.05, 3.63) is 29.6 Å². The van der Waals surface area contributed by atoms with Gasteiger partial charge in [-0.15, -0.1) is 0 Å². The number of piperazine rings is 1. The Labute approximate surface area is 196 Å². The number of carboxylic acid groups (broad SMARTS) is 2. The number of carboxylic acids is 2. The van der Waals surface area contributed by atoms with Crippen molar-refractivity contribution in [1.82, 2.24) is 20.1 Å². The number of alkyl halides is 6. The summed E-state index contributed by atoms with van der Waals surface area (Å²) in [7, 11) is 2.08. The zero-order valence-corrected chi connectivity index (χ0v) is 18.9. The highest BCUT2D eigenvalue weighted by molar-refractivity contribution is 5.87. The molecule has 15 heteroatoms.